The zero-order chi connectivity index (χ0) is 13.5. The molecule has 1 heterocycles. The minimum Gasteiger partial charge on any atom is -0.494 e. The standard InChI is InChI=1S/C15H19Cl2NO/c16-14-7-6-13(12-15(14)17)19-11-5-4-10-18-8-2-1-3-9-18/h1-2,6-7,12H,3-5,8-11H2. The van der Waals surface area contributed by atoms with Crippen LogP contribution in [0.1, 0.15) is 19.3 Å². The van der Waals surface area contributed by atoms with Crippen molar-refractivity contribution in [1.82, 2.24) is 4.90 Å². The summed E-state index contributed by atoms with van der Waals surface area (Å²) in [6, 6.07) is 5.38. The van der Waals surface area contributed by atoms with Gasteiger partial charge in [-0.15, -0.1) is 0 Å². The first-order valence-corrected chi connectivity index (χ1v) is 7.46. The highest BCUT2D eigenvalue weighted by atomic mass is 35.5. The van der Waals surface area contributed by atoms with E-state index in [1.807, 2.05) is 6.07 Å². The Morgan fingerprint density at radius 3 is 2.74 bits per heavy atom. The summed E-state index contributed by atoms with van der Waals surface area (Å²) < 4.78 is 5.66. The lowest BCUT2D eigenvalue weighted by atomic mass is 10.2. The third-order valence-corrected chi connectivity index (χ3v) is 3.91. The lowest BCUT2D eigenvalue weighted by Gasteiger charge is -2.22. The summed E-state index contributed by atoms with van der Waals surface area (Å²) in [4.78, 5) is 2.47. The van der Waals surface area contributed by atoms with Crippen molar-refractivity contribution in [2.24, 2.45) is 0 Å². The van der Waals surface area contributed by atoms with E-state index in [1.165, 1.54) is 13.0 Å². The molecular weight excluding hydrogens is 281 g/mol. The molecule has 104 valence electrons. The SMILES string of the molecule is Clc1ccc(OCCCCN2CC=CCC2)cc1Cl. The van der Waals surface area contributed by atoms with Gasteiger partial charge in [0.05, 0.1) is 16.7 Å². The number of rotatable bonds is 6. The van der Waals surface area contributed by atoms with Crippen LogP contribution >= 0.6 is 23.2 Å². The van der Waals surface area contributed by atoms with Crippen LogP contribution in [0.2, 0.25) is 10.0 Å². The van der Waals surface area contributed by atoms with E-state index in [0.717, 1.165) is 38.3 Å². The lowest BCUT2D eigenvalue weighted by molar-refractivity contribution is 0.264. The summed E-state index contributed by atoms with van der Waals surface area (Å²) in [5, 5.41) is 1.10. The highest BCUT2D eigenvalue weighted by Crippen LogP contribution is 2.26. The molecule has 1 aromatic carbocycles. The molecule has 0 aromatic heterocycles. The van der Waals surface area contributed by atoms with Crippen molar-refractivity contribution < 1.29 is 4.74 Å². The lowest BCUT2D eigenvalue weighted by Crippen LogP contribution is -2.28. The number of hydrogen-bond donors (Lipinski definition) is 0. The van der Waals surface area contributed by atoms with Crippen LogP contribution in [0.25, 0.3) is 0 Å². The molecule has 0 aliphatic carbocycles. The Bertz CT molecular complexity index is 434. The predicted molar refractivity (Wildman–Crippen MR) is 81.4 cm³/mol. The Kier molecular flexibility index (Phi) is 6.02. The zero-order valence-electron chi connectivity index (χ0n) is 10.9. The van der Waals surface area contributed by atoms with E-state index >= 15 is 0 Å². The summed E-state index contributed by atoms with van der Waals surface area (Å²) in [6.07, 6.45) is 7.90. The summed E-state index contributed by atoms with van der Waals surface area (Å²) in [5.41, 5.74) is 0. The highest BCUT2D eigenvalue weighted by Gasteiger charge is 2.05. The molecule has 0 bridgehead atoms. The van der Waals surface area contributed by atoms with Gasteiger partial charge in [-0.05, 0) is 37.9 Å². The van der Waals surface area contributed by atoms with Crippen LogP contribution in [-0.2, 0) is 0 Å². The molecule has 0 unspecified atom stereocenters. The fourth-order valence-electron chi connectivity index (χ4n) is 2.09. The van der Waals surface area contributed by atoms with Gasteiger partial charge in [0.1, 0.15) is 5.75 Å². The zero-order valence-corrected chi connectivity index (χ0v) is 12.5. The summed E-state index contributed by atoms with van der Waals surface area (Å²) >= 11 is 11.8. The molecule has 19 heavy (non-hydrogen) atoms. The van der Waals surface area contributed by atoms with Gasteiger partial charge in [-0.1, -0.05) is 35.4 Å². The maximum absolute atomic E-state index is 5.93. The Balaban J connectivity index is 1.61. The highest BCUT2D eigenvalue weighted by molar-refractivity contribution is 6.42. The number of nitrogens with zero attached hydrogens (tertiary/aromatic N) is 1. The van der Waals surface area contributed by atoms with Crippen molar-refractivity contribution in [3.63, 3.8) is 0 Å². The Hall–Kier alpha value is -0.700. The van der Waals surface area contributed by atoms with Crippen LogP contribution in [0, 0.1) is 0 Å². The van der Waals surface area contributed by atoms with E-state index in [1.54, 1.807) is 12.1 Å². The van der Waals surface area contributed by atoms with Gasteiger partial charge in [-0.25, -0.2) is 0 Å². The van der Waals surface area contributed by atoms with Crippen molar-refractivity contribution in [3.05, 3.63) is 40.4 Å². The van der Waals surface area contributed by atoms with E-state index in [9.17, 15) is 0 Å². The number of hydrogen-bond acceptors (Lipinski definition) is 2. The Morgan fingerprint density at radius 2 is 2.00 bits per heavy atom. The van der Waals surface area contributed by atoms with Crippen LogP contribution in [0.4, 0.5) is 0 Å². The van der Waals surface area contributed by atoms with E-state index in [-0.39, 0.29) is 0 Å². The van der Waals surface area contributed by atoms with Crippen molar-refractivity contribution in [2.75, 3.05) is 26.2 Å². The fourth-order valence-corrected chi connectivity index (χ4v) is 2.38. The van der Waals surface area contributed by atoms with Crippen LogP contribution in [0.3, 0.4) is 0 Å². The van der Waals surface area contributed by atoms with Gasteiger partial charge < -0.3 is 4.74 Å². The average Bonchev–Trinajstić information content (AvgIpc) is 2.43. The summed E-state index contributed by atoms with van der Waals surface area (Å²) in [6.45, 7) is 4.15. The van der Waals surface area contributed by atoms with Crippen molar-refractivity contribution in [1.29, 1.82) is 0 Å². The molecule has 0 radical (unpaired) electrons. The van der Waals surface area contributed by atoms with Gasteiger partial charge in [0.2, 0.25) is 0 Å². The molecular formula is C15H19Cl2NO. The van der Waals surface area contributed by atoms with Gasteiger partial charge in [0.15, 0.2) is 0 Å². The molecule has 1 aliphatic rings. The predicted octanol–water partition coefficient (Wildman–Crippen LogP) is 4.41. The monoisotopic (exact) mass is 299 g/mol. The Labute approximate surface area is 125 Å². The topological polar surface area (TPSA) is 12.5 Å². The fraction of sp³-hybridized carbons (Fsp3) is 0.467. The van der Waals surface area contributed by atoms with Crippen LogP contribution in [-0.4, -0.2) is 31.1 Å². The van der Waals surface area contributed by atoms with E-state index < -0.39 is 0 Å². The third-order valence-electron chi connectivity index (χ3n) is 3.17. The van der Waals surface area contributed by atoms with Crippen LogP contribution in [0.5, 0.6) is 5.75 Å². The van der Waals surface area contributed by atoms with Crippen molar-refractivity contribution >= 4 is 23.2 Å². The smallest absolute Gasteiger partial charge is 0.120 e. The minimum absolute atomic E-state index is 0.541. The molecule has 0 N–H and O–H groups in total. The number of ether oxygens (including phenoxy) is 1. The minimum atomic E-state index is 0.541. The second-order valence-electron chi connectivity index (χ2n) is 4.69. The van der Waals surface area contributed by atoms with Crippen LogP contribution in [0.15, 0.2) is 30.4 Å². The molecule has 0 atom stereocenters. The average molecular weight is 300 g/mol. The second kappa shape index (κ2) is 7.78. The van der Waals surface area contributed by atoms with Crippen molar-refractivity contribution in [2.45, 2.75) is 19.3 Å². The van der Waals surface area contributed by atoms with Crippen LogP contribution < -0.4 is 4.74 Å². The van der Waals surface area contributed by atoms with E-state index in [4.69, 9.17) is 27.9 Å². The first-order valence-electron chi connectivity index (χ1n) is 6.71. The largest absolute Gasteiger partial charge is 0.494 e. The quantitative estimate of drug-likeness (QED) is 0.570. The molecule has 0 fully saturated rings. The molecule has 4 heteroatoms. The van der Waals surface area contributed by atoms with Gasteiger partial charge in [-0.3, -0.25) is 4.90 Å². The van der Waals surface area contributed by atoms with Gasteiger partial charge >= 0.3 is 0 Å². The van der Waals surface area contributed by atoms with Crippen molar-refractivity contribution in [3.8, 4) is 5.75 Å². The Morgan fingerprint density at radius 1 is 1.11 bits per heavy atom. The second-order valence-corrected chi connectivity index (χ2v) is 5.51. The van der Waals surface area contributed by atoms with Gasteiger partial charge in [0.25, 0.3) is 0 Å². The van der Waals surface area contributed by atoms with Gasteiger partial charge in [0, 0.05) is 19.2 Å². The third kappa shape index (κ3) is 5.06. The molecule has 0 spiro atoms. The number of unbranched alkanes of at least 4 members (excludes halogenated alkanes) is 1. The molecule has 0 saturated heterocycles. The molecule has 0 saturated carbocycles. The molecule has 1 aliphatic heterocycles. The summed E-state index contributed by atoms with van der Waals surface area (Å²) in [7, 11) is 0. The summed E-state index contributed by atoms with van der Waals surface area (Å²) in [5.74, 6) is 0.787. The normalized spacial score (nSPS) is 15.7. The molecule has 2 rings (SSSR count). The molecule has 2 nitrogen and oxygen atoms in total. The maximum atomic E-state index is 5.93. The van der Waals surface area contributed by atoms with E-state index in [0.29, 0.717) is 10.0 Å². The first kappa shape index (κ1) is 14.7. The molecule has 0 amide bonds. The van der Waals surface area contributed by atoms with E-state index in [2.05, 4.69) is 17.1 Å². The molecule has 1 aromatic rings. The first-order chi connectivity index (χ1) is 9.25. The van der Waals surface area contributed by atoms with Gasteiger partial charge in [-0.2, -0.15) is 0 Å². The number of halogens is 2. The maximum Gasteiger partial charge on any atom is 0.120 e. The number of benzene rings is 1.